The van der Waals surface area contributed by atoms with Gasteiger partial charge in [0.2, 0.25) is 0 Å². The van der Waals surface area contributed by atoms with Gasteiger partial charge in [-0.15, -0.1) is 0 Å². The third-order valence-corrected chi connectivity index (χ3v) is 1.83. The second-order valence-electron chi connectivity index (χ2n) is 3.09. The van der Waals surface area contributed by atoms with Crippen molar-refractivity contribution < 1.29 is 23.0 Å². The molecule has 0 saturated carbocycles. The summed E-state index contributed by atoms with van der Waals surface area (Å²) in [6.45, 7) is 1.32. The lowest BCUT2D eigenvalue weighted by molar-refractivity contribution is -0.279. The average molecular weight is 170 g/mol. The summed E-state index contributed by atoms with van der Waals surface area (Å²) in [5.74, 6) is 0. The molecule has 0 unspecified atom stereocenters. The quantitative estimate of drug-likeness (QED) is 0.634. The van der Waals surface area contributed by atoms with Gasteiger partial charge in [0.1, 0.15) is 0 Å². The molecule has 1 saturated heterocycles. The second kappa shape index (κ2) is 2.35. The normalized spacial score (nSPS) is 25.9. The molecular weight excluding hydrogens is 161 g/mol. The zero-order chi connectivity index (χ0) is 8.70. The summed E-state index contributed by atoms with van der Waals surface area (Å²) in [6.07, 6.45) is -6.79. The minimum Gasteiger partial charge on any atom is -0.383 e. The number of rotatable bonds is 1. The highest BCUT2D eigenvalue weighted by Gasteiger charge is 2.53. The molecule has 1 fully saturated rings. The van der Waals surface area contributed by atoms with Crippen molar-refractivity contribution in [2.45, 2.75) is 19.2 Å². The molecule has 0 aromatic heterocycles. The zero-order valence-electron chi connectivity index (χ0n) is 5.98. The van der Waals surface area contributed by atoms with E-state index in [1.807, 2.05) is 0 Å². The summed E-state index contributed by atoms with van der Waals surface area (Å²) in [7, 11) is 0. The molecule has 0 aliphatic carbocycles. The predicted molar refractivity (Wildman–Crippen MR) is 31.0 cm³/mol. The summed E-state index contributed by atoms with van der Waals surface area (Å²) < 4.78 is 40.2. The lowest BCUT2D eigenvalue weighted by atomic mass is 9.82. The number of alkyl halides is 3. The van der Waals surface area contributed by atoms with Crippen LogP contribution in [0.4, 0.5) is 13.2 Å². The fourth-order valence-corrected chi connectivity index (χ4v) is 0.977. The largest absolute Gasteiger partial charge is 0.415 e. The van der Waals surface area contributed by atoms with Crippen LogP contribution in [0.25, 0.3) is 0 Å². The van der Waals surface area contributed by atoms with Gasteiger partial charge < -0.3 is 9.84 Å². The van der Waals surface area contributed by atoms with Crippen molar-refractivity contribution in [1.29, 1.82) is 0 Å². The maximum Gasteiger partial charge on any atom is 0.415 e. The Balaban J connectivity index is 2.60. The molecule has 0 radical (unpaired) electrons. The molecule has 1 rings (SSSR count). The summed E-state index contributed by atoms with van der Waals surface area (Å²) >= 11 is 0. The van der Waals surface area contributed by atoms with Crippen molar-refractivity contribution in [2.24, 2.45) is 5.41 Å². The van der Waals surface area contributed by atoms with Crippen molar-refractivity contribution in [1.82, 2.24) is 0 Å². The van der Waals surface area contributed by atoms with Crippen molar-refractivity contribution in [3.05, 3.63) is 0 Å². The molecule has 66 valence electrons. The number of aliphatic hydroxyl groups excluding tert-OH is 1. The van der Waals surface area contributed by atoms with E-state index in [9.17, 15) is 13.2 Å². The van der Waals surface area contributed by atoms with Crippen molar-refractivity contribution in [2.75, 3.05) is 13.2 Å². The number of aliphatic hydroxyl groups is 1. The Morgan fingerprint density at radius 1 is 1.45 bits per heavy atom. The van der Waals surface area contributed by atoms with E-state index >= 15 is 0 Å². The highest BCUT2D eigenvalue weighted by Crippen LogP contribution is 2.38. The summed E-state index contributed by atoms with van der Waals surface area (Å²) in [5, 5.41) is 8.76. The van der Waals surface area contributed by atoms with E-state index in [4.69, 9.17) is 5.11 Å². The van der Waals surface area contributed by atoms with E-state index in [1.165, 1.54) is 6.92 Å². The van der Waals surface area contributed by atoms with E-state index in [1.54, 1.807) is 0 Å². The molecule has 5 heteroatoms. The van der Waals surface area contributed by atoms with E-state index in [2.05, 4.69) is 4.74 Å². The topological polar surface area (TPSA) is 29.5 Å². The van der Waals surface area contributed by atoms with Crippen LogP contribution in [0.1, 0.15) is 6.92 Å². The third kappa shape index (κ3) is 1.49. The van der Waals surface area contributed by atoms with Crippen LogP contribution in [0, 0.1) is 5.41 Å². The van der Waals surface area contributed by atoms with E-state index in [0.29, 0.717) is 0 Å². The van der Waals surface area contributed by atoms with Crippen molar-refractivity contribution in [3.63, 3.8) is 0 Å². The van der Waals surface area contributed by atoms with E-state index in [0.717, 1.165) is 0 Å². The molecule has 0 bridgehead atoms. The second-order valence-corrected chi connectivity index (χ2v) is 3.09. The maximum absolute atomic E-state index is 11.9. The molecule has 1 atom stereocenters. The van der Waals surface area contributed by atoms with Gasteiger partial charge in [-0.3, -0.25) is 0 Å². The fraction of sp³-hybridized carbons (Fsp3) is 1.00. The molecular formula is C6H9F3O2. The molecule has 0 amide bonds. The average Bonchev–Trinajstić information content (AvgIpc) is 1.79. The standard InChI is InChI=1S/C6H9F3O2/c1-5(2-11-3-5)4(10)6(7,8)9/h4,10H,2-3H2,1H3/t4-/m0/s1. The van der Waals surface area contributed by atoms with Crippen LogP contribution in [0.2, 0.25) is 0 Å². The Morgan fingerprint density at radius 2 is 1.91 bits per heavy atom. The minimum atomic E-state index is -4.53. The SMILES string of the molecule is CC1([C@H](O)C(F)(F)F)COC1. The summed E-state index contributed by atoms with van der Waals surface area (Å²) in [6, 6.07) is 0. The van der Waals surface area contributed by atoms with Gasteiger partial charge in [-0.2, -0.15) is 13.2 Å². The highest BCUT2D eigenvalue weighted by molar-refractivity contribution is 4.91. The van der Waals surface area contributed by atoms with Gasteiger partial charge >= 0.3 is 6.18 Å². The first-order valence-electron chi connectivity index (χ1n) is 3.19. The lowest BCUT2D eigenvalue weighted by Crippen LogP contribution is -2.54. The van der Waals surface area contributed by atoms with Gasteiger partial charge in [0.05, 0.1) is 13.2 Å². The van der Waals surface area contributed by atoms with Gasteiger partial charge in [0.25, 0.3) is 0 Å². The molecule has 0 aromatic carbocycles. The number of hydrogen-bond acceptors (Lipinski definition) is 2. The van der Waals surface area contributed by atoms with Gasteiger partial charge in [-0.25, -0.2) is 0 Å². The van der Waals surface area contributed by atoms with Crippen LogP contribution in [-0.2, 0) is 4.74 Å². The zero-order valence-corrected chi connectivity index (χ0v) is 5.98. The molecule has 1 aliphatic heterocycles. The maximum atomic E-state index is 11.9. The first-order chi connectivity index (χ1) is 4.86. The Bertz CT molecular complexity index is 150. The molecule has 0 spiro atoms. The van der Waals surface area contributed by atoms with E-state index in [-0.39, 0.29) is 13.2 Å². The Labute approximate surface area is 62.0 Å². The Kier molecular flexibility index (Phi) is 1.88. The predicted octanol–water partition coefficient (Wildman–Crippen LogP) is 0.946. The van der Waals surface area contributed by atoms with Crippen LogP contribution < -0.4 is 0 Å². The van der Waals surface area contributed by atoms with Crippen molar-refractivity contribution >= 4 is 0 Å². The monoisotopic (exact) mass is 170 g/mol. The van der Waals surface area contributed by atoms with Gasteiger partial charge in [0.15, 0.2) is 6.10 Å². The highest BCUT2D eigenvalue weighted by atomic mass is 19.4. The Hall–Kier alpha value is -0.290. The van der Waals surface area contributed by atoms with Crippen LogP contribution in [-0.4, -0.2) is 30.6 Å². The first-order valence-corrected chi connectivity index (χ1v) is 3.19. The van der Waals surface area contributed by atoms with E-state index < -0.39 is 17.7 Å². The molecule has 2 nitrogen and oxygen atoms in total. The van der Waals surface area contributed by atoms with Gasteiger partial charge in [-0.1, -0.05) is 6.92 Å². The first kappa shape index (κ1) is 8.80. The minimum absolute atomic E-state index is 0.0202. The molecule has 0 aromatic rings. The van der Waals surface area contributed by atoms with Crippen LogP contribution in [0.15, 0.2) is 0 Å². The third-order valence-electron chi connectivity index (χ3n) is 1.83. The lowest BCUT2D eigenvalue weighted by Gasteiger charge is -2.42. The summed E-state index contributed by atoms with van der Waals surface area (Å²) in [4.78, 5) is 0. The smallest absolute Gasteiger partial charge is 0.383 e. The van der Waals surface area contributed by atoms with Crippen molar-refractivity contribution in [3.8, 4) is 0 Å². The van der Waals surface area contributed by atoms with Gasteiger partial charge in [-0.05, 0) is 0 Å². The number of hydrogen-bond donors (Lipinski definition) is 1. The molecule has 1 heterocycles. The Morgan fingerprint density at radius 3 is 2.00 bits per heavy atom. The van der Waals surface area contributed by atoms with Gasteiger partial charge in [0, 0.05) is 5.41 Å². The molecule has 1 aliphatic rings. The molecule has 1 N–H and O–H groups in total. The number of halogens is 3. The van der Waals surface area contributed by atoms with Crippen LogP contribution >= 0.6 is 0 Å². The molecule has 11 heavy (non-hydrogen) atoms. The number of ether oxygens (including phenoxy) is 1. The summed E-state index contributed by atoms with van der Waals surface area (Å²) in [5.41, 5.74) is -1.13. The fourth-order valence-electron chi connectivity index (χ4n) is 0.977. The van der Waals surface area contributed by atoms with Crippen LogP contribution in [0.5, 0.6) is 0 Å². The van der Waals surface area contributed by atoms with Crippen LogP contribution in [0.3, 0.4) is 0 Å².